The Kier molecular flexibility index (Phi) is 9.99. The number of nitrogens with zero attached hydrogens (tertiary/aromatic N) is 7. The summed E-state index contributed by atoms with van der Waals surface area (Å²) >= 11 is 0. The molecule has 16 heteroatoms. The number of amides is 2. The fourth-order valence-electron chi connectivity index (χ4n) is 4.50. The number of hydrogen-bond donors (Lipinski definition) is 1. The Hall–Kier alpha value is -3.98. The van der Waals surface area contributed by atoms with Gasteiger partial charge in [0, 0.05) is 19.3 Å². The third-order valence-corrected chi connectivity index (χ3v) is 6.42. The monoisotopic (exact) mass is 598 g/mol. The van der Waals surface area contributed by atoms with Crippen LogP contribution in [0.4, 0.5) is 29.7 Å². The van der Waals surface area contributed by atoms with Crippen LogP contribution in [0.3, 0.4) is 0 Å². The standard InChI is InChI=1S/C13H19FN4O4.C13H21FN4O2/c1-13(2,3)22-12(19)16-5-4-11(10(14)8-16)17-7-9(6-15-17)18(20)21;1-13(2,3)20-12(19)17-5-4-11(10(14)8-17)18-7-9(15)6-16-18/h6-7,10-11H,4-5,8H2,1-3H3;6-7,10-11H,4-5,8,15H2,1-3H3. The van der Waals surface area contributed by atoms with Crippen LogP contribution in [-0.4, -0.2) is 96.2 Å². The molecule has 2 amide bonds. The molecule has 2 aliphatic heterocycles. The minimum Gasteiger partial charge on any atom is -0.444 e. The Morgan fingerprint density at radius 3 is 1.64 bits per heavy atom. The number of anilines is 1. The quantitative estimate of drug-likeness (QED) is 0.401. The molecule has 234 valence electrons. The van der Waals surface area contributed by atoms with E-state index in [1.165, 1.54) is 31.6 Å². The van der Waals surface area contributed by atoms with Gasteiger partial charge in [0.2, 0.25) is 0 Å². The van der Waals surface area contributed by atoms with Crippen LogP contribution >= 0.6 is 0 Å². The summed E-state index contributed by atoms with van der Waals surface area (Å²) in [6.07, 6.45) is 2.64. The molecule has 14 nitrogen and oxygen atoms in total. The second-order valence-electron chi connectivity index (χ2n) is 12.3. The molecule has 0 bridgehead atoms. The van der Waals surface area contributed by atoms with E-state index >= 15 is 0 Å². The summed E-state index contributed by atoms with van der Waals surface area (Å²) in [6, 6.07) is -1.00. The first-order valence-corrected chi connectivity index (χ1v) is 13.7. The van der Waals surface area contributed by atoms with Crippen LogP contribution in [0, 0.1) is 10.1 Å². The van der Waals surface area contributed by atoms with E-state index in [4.69, 9.17) is 15.2 Å². The lowest BCUT2D eigenvalue weighted by Gasteiger charge is -2.35. The van der Waals surface area contributed by atoms with Crippen molar-refractivity contribution in [1.29, 1.82) is 0 Å². The first-order chi connectivity index (χ1) is 19.4. The smallest absolute Gasteiger partial charge is 0.410 e. The summed E-state index contributed by atoms with van der Waals surface area (Å²) < 4.78 is 41.8. The molecule has 0 radical (unpaired) electrons. The summed E-state index contributed by atoms with van der Waals surface area (Å²) in [7, 11) is 0. The molecule has 4 atom stereocenters. The minimum absolute atomic E-state index is 0.0132. The predicted molar refractivity (Wildman–Crippen MR) is 148 cm³/mol. The molecule has 4 unspecified atom stereocenters. The number of aromatic nitrogens is 4. The molecule has 2 aromatic rings. The zero-order chi connectivity index (χ0) is 31.4. The number of carbonyl (C=O) groups excluding carboxylic acids is 2. The van der Waals surface area contributed by atoms with Gasteiger partial charge in [-0.2, -0.15) is 10.2 Å². The van der Waals surface area contributed by atoms with Gasteiger partial charge in [-0.05, 0) is 54.4 Å². The number of nitrogen functional groups attached to an aromatic ring is 1. The lowest BCUT2D eigenvalue weighted by atomic mass is 10.0. The molecule has 0 saturated carbocycles. The number of nitro groups is 1. The summed E-state index contributed by atoms with van der Waals surface area (Å²) in [5.41, 5.74) is 4.70. The van der Waals surface area contributed by atoms with Gasteiger partial charge in [-0.15, -0.1) is 0 Å². The number of rotatable bonds is 3. The van der Waals surface area contributed by atoms with Crippen molar-refractivity contribution < 1.29 is 32.8 Å². The Labute approximate surface area is 242 Å². The van der Waals surface area contributed by atoms with Gasteiger partial charge in [-0.3, -0.25) is 19.5 Å². The highest BCUT2D eigenvalue weighted by atomic mass is 19.1. The van der Waals surface area contributed by atoms with Crippen molar-refractivity contribution in [3.8, 4) is 0 Å². The van der Waals surface area contributed by atoms with Crippen LogP contribution < -0.4 is 5.73 Å². The molecular formula is C26H40F2N8O6. The van der Waals surface area contributed by atoms with Crippen LogP contribution in [0.1, 0.15) is 66.5 Å². The van der Waals surface area contributed by atoms with Gasteiger partial charge in [0.1, 0.15) is 35.9 Å². The molecule has 2 saturated heterocycles. The van der Waals surface area contributed by atoms with Crippen molar-refractivity contribution >= 4 is 23.6 Å². The molecule has 4 heterocycles. The van der Waals surface area contributed by atoms with Crippen molar-refractivity contribution in [2.24, 2.45) is 0 Å². The highest BCUT2D eigenvalue weighted by molar-refractivity contribution is 5.68. The fourth-order valence-corrected chi connectivity index (χ4v) is 4.50. The lowest BCUT2D eigenvalue weighted by Crippen LogP contribution is -2.47. The van der Waals surface area contributed by atoms with Crippen LogP contribution in [0.15, 0.2) is 24.8 Å². The first kappa shape index (κ1) is 32.5. The minimum atomic E-state index is -1.36. The van der Waals surface area contributed by atoms with Gasteiger partial charge in [0.15, 0.2) is 0 Å². The Balaban J connectivity index is 0.000000231. The van der Waals surface area contributed by atoms with Crippen LogP contribution in [0.25, 0.3) is 0 Å². The van der Waals surface area contributed by atoms with Gasteiger partial charge in [-0.1, -0.05) is 0 Å². The Morgan fingerprint density at radius 1 is 0.881 bits per heavy atom. The van der Waals surface area contributed by atoms with Crippen molar-refractivity contribution in [2.45, 2.75) is 90.0 Å². The van der Waals surface area contributed by atoms with Crippen LogP contribution in [-0.2, 0) is 9.47 Å². The maximum Gasteiger partial charge on any atom is 0.410 e. The maximum absolute atomic E-state index is 14.3. The van der Waals surface area contributed by atoms with Crippen molar-refractivity contribution in [2.75, 3.05) is 31.9 Å². The van der Waals surface area contributed by atoms with E-state index in [1.54, 1.807) is 47.7 Å². The molecule has 2 aromatic heterocycles. The highest BCUT2D eigenvalue weighted by Gasteiger charge is 2.36. The zero-order valence-corrected chi connectivity index (χ0v) is 24.8. The molecule has 0 spiro atoms. The molecular weight excluding hydrogens is 558 g/mol. The maximum atomic E-state index is 14.3. The zero-order valence-electron chi connectivity index (χ0n) is 24.8. The van der Waals surface area contributed by atoms with Gasteiger partial charge >= 0.3 is 17.9 Å². The second-order valence-corrected chi connectivity index (χ2v) is 12.3. The summed E-state index contributed by atoms with van der Waals surface area (Å²) in [6.45, 7) is 11.2. The number of ether oxygens (including phenoxy) is 2. The number of piperidine rings is 2. The largest absolute Gasteiger partial charge is 0.444 e. The molecule has 0 aliphatic carbocycles. The molecule has 42 heavy (non-hydrogen) atoms. The SMILES string of the molecule is CC(C)(C)OC(=O)N1CCC(n2cc(N)cn2)C(F)C1.CC(C)(C)OC(=O)N1CCC(n2cc([N+](=O)[O-])cn2)C(F)C1. The summed E-state index contributed by atoms with van der Waals surface area (Å²) in [4.78, 5) is 36.6. The van der Waals surface area contributed by atoms with Gasteiger partial charge in [0.25, 0.3) is 0 Å². The molecule has 2 aliphatic rings. The van der Waals surface area contributed by atoms with E-state index in [9.17, 15) is 28.5 Å². The first-order valence-electron chi connectivity index (χ1n) is 13.7. The average molecular weight is 599 g/mol. The van der Waals surface area contributed by atoms with E-state index in [2.05, 4.69) is 10.2 Å². The van der Waals surface area contributed by atoms with Gasteiger partial charge < -0.3 is 25.0 Å². The number of hydrogen-bond acceptors (Lipinski definition) is 9. The topological polar surface area (TPSA) is 164 Å². The van der Waals surface area contributed by atoms with Crippen molar-refractivity contribution in [1.82, 2.24) is 29.4 Å². The normalized spacial score (nSPS) is 23.0. The molecule has 4 rings (SSSR count). The predicted octanol–water partition coefficient (Wildman–Crippen LogP) is 4.30. The molecule has 0 aromatic carbocycles. The van der Waals surface area contributed by atoms with E-state index in [0.29, 0.717) is 31.6 Å². The summed E-state index contributed by atoms with van der Waals surface area (Å²) in [5, 5.41) is 18.5. The summed E-state index contributed by atoms with van der Waals surface area (Å²) in [5.74, 6) is 0. The van der Waals surface area contributed by atoms with E-state index in [1.807, 2.05) is 0 Å². The van der Waals surface area contributed by atoms with Crippen LogP contribution in [0.2, 0.25) is 0 Å². The Morgan fingerprint density at radius 2 is 1.31 bits per heavy atom. The molecule has 2 N–H and O–H groups in total. The van der Waals surface area contributed by atoms with E-state index in [-0.39, 0.29) is 24.8 Å². The van der Waals surface area contributed by atoms with Gasteiger partial charge in [0.05, 0.1) is 42.0 Å². The van der Waals surface area contributed by atoms with E-state index < -0.39 is 46.7 Å². The van der Waals surface area contributed by atoms with Crippen LogP contribution in [0.5, 0.6) is 0 Å². The number of carbonyl (C=O) groups is 2. The van der Waals surface area contributed by atoms with Crippen molar-refractivity contribution in [3.63, 3.8) is 0 Å². The number of likely N-dealkylation sites (tertiary alicyclic amines) is 2. The lowest BCUT2D eigenvalue weighted by molar-refractivity contribution is -0.385. The van der Waals surface area contributed by atoms with Gasteiger partial charge in [-0.25, -0.2) is 18.4 Å². The second kappa shape index (κ2) is 12.9. The third-order valence-electron chi connectivity index (χ3n) is 6.42. The Bertz CT molecular complexity index is 1240. The number of halogens is 2. The molecule has 2 fully saturated rings. The van der Waals surface area contributed by atoms with Crippen molar-refractivity contribution in [3.05, 3.63) is 34.9 Å². The fraction of sp³-hybridized carbons (Fsp3) is 0.692. The third kappa shape index (κ3) is 9.01. The van der Waals surface area contributed by atoms with E-state index in [0.717, 1.165) is 6.20 Å². The number of nitrogens with two attached hydrogens (primary N) is 1. The number of alkyl halides is 2. The highest BCUT2D eigenvalue weighted by Crippen LogP contribution is 2.28. The average Bonchev–Trinajstić information content (AvgIpc) is 3.52.